The number of aromatic nitrogens is 2. The molecule has 3 amide bonds. The van der Waals surface area contributed by atoms with Crippen molar-refractivity contribution in [3.63, 3.8) is 0 Å². The third-order valence-corrected chi connectivity index (χ3v) is 8.11. The molecule has 8 nitrogen and oxygen atoms in total. The van der Waals surface area contributed by atoms with Gasteiger partial charge in [-0.2, -0.15) is 5.10 Å². The number of fused-ring (bicyclic) bond motifs is 1. The van der Waals surface area contributed by atoms with Gasteiger partial charge in [0, 0.05) is 37.9 Å². The Morgan fingerprint density at radius 2 is 1.86 bits per heavy atom. The van der Waals surface area contributed by atoms with Crippen molar-refractivity contribution in [2.24, 2.45) is 5.92 Å². The van der Waals surface area contributed by atoms with Gasteiger partial charge < -0.3 is 9.80 Å². The zero-order valence-corrected chi connectivity index (χ0v) is 21.7. The molecule has 36 heavy (non-hydrogen) atoms. The molecule has 192 valence electrons. The molecule has 1 aromatic carbocycles. The van der Waals surface area contributed by atoms with Crippen LogP contribution in [0.3, 0.4) is 0 Å². The number of hydrogen-bond donors (Lipinski definition) is 0. The quantitative estimate of drug-likeness (QED) is 0.575. The van der Waals surface area contributed by atoms with E-state index in [1.54, 1.807) is 6.07 Å². The molecule has 0 aliphatic carbocycles. The number of piperidine rings is 2. The molecule has 0 unspecified atom stereocenters. The topological polar surface area (TPSA) is 78.8 Å². The van der Waals surface area contributed by atoms with E-state index in [0.717, 1.165) is 62.3 Å². The van der Waals surface area contributed by atoms with Crippen LogP contribution in [0.2, 0.25) is 0 Å². The fourth-order valence-corrected chi connectivity index (χ4v) is 6.23. The number of likely N-dealkylation sites (tertiary alicyclic amines) is 1. The van der Waals surface area contributed by atoms with Gasteiger partial charge >= 0.3 is 0 Å². The van der Waals surface area contributed by atoms with Crippen LogP contribution in [0.4, 0.5) is 5.69 Å². The maximum Gasteiger partial charge on any atom is 0.263 e. The second-order valence-corrected chi connectivity index (χ2v) is 10.5. The Kier molecular flexibility index (Phi) is 6.86. The second-order valence-electron chi connectivity index (χ2n) is 10.5. The number of carbonyl (C=O) groups is 3. The minimum atomic E-state index is -0.248. The van der Waals surface area contributed by atoms with Gasteiger partial charge in [0.05, 0.1) is 35.0 Å². The first kappa shape index (κ1) is 24.5. The number of hydrogen-bond acceptors (Lipinski definition) is 5. The zero-order valence-electron chi connectivity index (χ0n) is 21.7. The molecule has 2 aromatic rings. The highest BCUT2D eigenvalue weighted by molar-refractivity contribution is 6.23. The minimum Gasteiger partial charge on any atom is -0.370 e. The molecule has 3 aliphatic heterocycles. The van der Waals surface area contributed by atoms with Crippen LogP contribution in [0, 0.1) is 19.8 Å². The van der Waals surface area contributed by atoms with Crippen molar-refractivity contribution in [1.29, 1.82) is 0 Å². The van der Waals surface area contributed by atoms with E-state index in [0.29, 0.717) is 30.3 Å². The SMILES string of the molecule is CC[C@H]1CCCCN1C(=O)[C@H]1CCCN(c2cccc3c2C(=O)N(CCn2nc(C)cc2C)C3=O)C1. The Morgan fingerprint density at radius 1 is 1.03 bits per heavy atom. The first-order valence-electron chi connectivity index (χ1n) is 13.4. The summed E-state index contributed by atoms with van der Waals surface area (Å²) in [5, 5.41) is 4.46. The lowest BCUT2D eigenvalue weighted by Crippen LogP contribution is -2.50. The van der Waals surface area contributed by atoms with Crippen molar-refractivity contribution < 1.29 is 14.4 Å². The van der Waals surface area contributed by atoms with Gasteiger partial charge in [0.15, 0.2) is 0 Å². The number of nitrogens with zero attached hydrogens (tertiary/aromatic N) is 5. The lowest BCUT2D eigenvalue weighted by Gasteiger charge is -2.41. The molecule has 0 spiro atoms. The molecule has 0 saturated carbocycles. The summed E-state index contributed by atoms with van der Waals surface area (Å²) in [4.78, 5) is 45.8. The van der Waals surface area contributed by atoms with Crippen LogP contribution < -0.4 is 4.90 Å². The molecule has 2 saturated heterocycles. The zero-order chi connectivity index (χ0) is 25.4. The number of anilines is 1. The monoisotopic (exact) mass is 491 g/mol. The molecular formula is C28H37N5O3. The van der Waals surface area contributed by atoms with Crippen LogP contribution in [-0.4, -0.2) is 69.5 Å². The Bertz CT molecular complexity index is 1170. The van der Waals surface area contributed by atoms with Crippen molar-refractivity contribution in [3.8, 4) is 0 Å². The summed E-state index contributed by atoms with van der Waals surface area (Å²) < 4.78 is 1.84. The van der Waals surface area contributed by atoms with E-state index in [1.165, 1.54) is 11.3 Å². The molecule has 8 heteroatoms. The molecule has 2 fully saturated rings. The number of benzene rings is 1. The van der Waals surface area contributed by atoms with Crippen molar-refractivity contribution in [2.75, 3.05) is 31.1 Å². The van der Waals surface area contributed by atoms with Gasteiger partial charge in [-0.25, -0.2) is 0 Å². The fraction of sp³-hybridized carbons (Fsp3) is 0.571. The van der Waals surface area contributed by atoms with Crippen LogP contribution in [0.25, 0.3) is 0 Å². The third-order valence-electron chi connectivity index (χ3n) is 8.11. The number of amides is 3. The van der Waals surface area contributed by atoms with Crippen molar-refractivity contribution in [1.82, 2.24) is 19.6 Å². The van der Waals surface area contributed by atoms with E-state index in [-0.39, 0.29) is 30.2 Å². The molecule has 4 heterocycles. The Labute approximate surface area is 213 Å². The molecule has 3 aliphatic rings. The lowest BCUT2D eigenvalue weighted by atomic mass is 9.92. The third kappa shape index (κ3) is 4.42. The standard InChI is InChI=1S/C28H37N5O3/c1-4-22-10-5-6-14-31(22)26(34)21-9-8-13-30(18-21)24-12-7-11-23-25(24)28(36)32(27(23)35)15-16-33-20(3)17-19(2)29-33/h7,11-12,17,21-22H,4-6,8-10,13-16,18H2,1-3H3/t21-,22-/m0/s1. The highest BCUT2D eigenvalue weighted by Crippen LogP contribution is 2.35. The lowest BCUT2D eigenvalue weighted by molar-refractivity contribution is -0.139. The van der Waals surface area contributed by atoms with Gasteiger partial charge in [0.25, 0.3) is 11.8 Å². The van der Waals surface area contributed by atoms with Crippen molar-refractivity contribution in [3.05, 3.63) is 46.8 Å². The average molecular weight is 492 g/mol. The fourth-order valence-electron chi connectivity index (χ4n) is 6.23. The highest BCUT2D eigenvalue weighted by Gasteiger charge is 2.40. The van der Waals surface area contributed by atoms with E-state index in [9.17, 15) is 14.4 Å². The molecule has 0 N–H and O–H groups in total. The van der Waals surface area contributed by atoms with Crippen LogP contribution in [0.15, 0.2) is 24.3 Å². The molecule has 0 radical (unpaired) electrons. The summed E-state index contributed by atoms with van der Waals surface area (Å²) in [6.45, 7) is 9.05. The molecule has 0 bridgehead atoms. The Balaban J connectivity index is 1.33. The summed E-state index contributed by atoms with van der Waals surface area (Å²) in [6, 6.07) is 7.86. The van der Waals surface area contributed by atoms with Crippen LogP contribution in [0.5, 0.6) is 0 Å². The highest BCUT2D eigenvalue weighted by atomic mass is 16.2. The van der Waals surface area contributed by atoms with E-state index >= 15 is 0 Å². The first-order valence-corrected chi connectivity index (χ1v) is 13.4. The molecule has 2 atom stereocenters. The predicted octanol–water partition coefficient (Wildman–Crippen LogP) is 3.80. The first-order chi connectivity index (χ1) is 17.4. The largest absolute Gasteiger partial charge is 0.370 e. The second kappa shape index (κ2) is 10.1. The van der Waals surface area contributed by atoms with Crippen LogP contribution in [-0.2, 0) is 11.3 Å². The summed E-state index contributed by atoms with van der Waals surface area (Å²) in [5.74, 6) is -0.311. The molecule has 1 aromatic heterocycles. The van der Waals surface area contributed by atoms with E-state index in [1.807, 2.05) is 36.7 Å². The maximum atomic E-state index is 13.5. The smallest absolute Gasteiger partial charge is 0.263 e. The summed E-state index contributed by atoms with van der Waals surface area (Å²) in [5.41, 5.74) is 3.64. The van der Waals surface area contributed by atoms with Gasteiger partial charge in [0.2, 0.25) is 5.91 Å². The van der Waals surface area contributed by atoms with E-state index < -0.39 is 0 Å². The van der Waals surface area contributed by atoms with Crippen LogP contribution >= 0.6 is 0 Å². The van der Waals surface area contributed by atoms with Crippen molar-refractivity contribution in [2.45, 2.75) is 71.9 Å². The number of rotatable bonds is 6. The average Bonchev–Trinajstić information content (AvgIpc) is 3.35. The summed E-state index contributed by atoms with van der Waals surface area (Å²) in [6.07, 6.45) is 6.14. The van der Waals surface area contributed by atoms with Gasteiger partial charge in [-0.15, -0.1) is 0 Å². The summed E-state index contributed by atoms with van der Waals surface area (Å²) >= 11 is 0. The normalized spacial score (nSPS) is 22.4. The van der Waals surface area contributed by atoms with Gasteiger partial charge in [-0.3, -0.25) is 24.0 Å². The van der Waals surface area contributed by atoms with Gasteiger partial charge in [-0.05, 0) is 70.6 Å². The van der Waals surface area contributed by atoms with Gasteiger partial charge in [-0.1, -0.05) is 13.0 Å². The van der Waals surface area contributed by atoms with Crippen molar-refractivity contribution >= 4 is 23.4 Å². The van der Waals surface area contributed by atoms with Gasteiger partial charge in [0.1, 0.15) is 0 Å². The van der Waals surface area contributed by atoms with E-state index in [4.69, 9.17) is 0 Å². The molecule has 5 rings (SSSR count). The number of aryl methyl sites for hydroxylation is 2. The number of imide groups is 1. The Morgan fingerprint density at radius 3 is 2.61 bits per heavy atom. The minimum absolute atomic E-state index is 0.0731. The predicted molar refractivity (Wildman–Crippen MR) is 138 cm³/mol. The number of carbonyl (C=O) groups excluding carboxylic acids is 3. The van der Waals surface area contributed by atoms with E-state index in [2.05, 4.69) is 21.8 Å². The Hall–Kier alpha value is -3.16. The van der Waals surface area contributed by atoms with Crippen LogP contribution in [0.1, 0.15) is 77.6 Å². The molecular weight excluding hydrogens is 454 g/mol. The summed E-state index contributed by atoms with van der Waals surface area (Å²) in [7, 11) is 0. The maximum absolute atomic E-state index is 13.5.